The van der Waals surface area contributed by atoms with E-state index in [1.807, 2.05) is 0 Å². The lowest BCUT2D eigenvalue weighted by Gasteiger charge is -2.29. The third-order valence-corrected chi connectivity index (χ3v) is 6.82. The standard InChI is InChI=1S/C24H31ClFN3O4S/c1-5-27-24(31)18(3)28(16-19-9-6-7-10-21(19)26)23(30)11-8-14-29(34(4,32)33)22-15-20(25)13-12-17(22)2/h6-7,9-10,12-13,15,18H,5,8,11,14,16H2,1-4H3,(H,27,31)/t18-/m1/s1. The van der Waals surface area contributed by atoms with Gasteiger partial charge in [0.2, 0.25) is 21.8 Å². The highest BCUT2D eigenvalue weighted by atomic mass is 35.5. The molecular formula is C24H31ClFN3O4S. The van der Waals surface area contributed by atoms with Crippen molar-refractivity contribution in [2.45, 2.75) is 46.2 Å². The molecular weight excluding hydrogens is 481 g/mol. The van der Waals surface area contributed by atoms with Crippen LogP contribution in [0, 0.1) is 12.7 Å². The number of nitrogens with one attached hydrogen (secondary N) is 1. The summed E-state index contributed by atoms with van der Waals surface area (Å²) in [4.78, 5) is 26.9. The normalized spacial score (nSPS) is 12.2. The molecule has 1 N–H and O–H groups in total. The van der Waals surface area contributed by atoms with Crippen LogP contribution in [0.25, 0.3) is 0 Å². The lowest BCUT2D eigenvalue weighted by atomic mass is 10.1. The van der Waals surface area contributed by atoms with Gasteiger partial charge in [0.25, 0.3) is 0 Å². The third kappa shape index (κ3) is 7.43. The number of likely N-dealkylation sites (N-methyl/N-ethyl adjacent to an activating group) is 1. The monoisotopic (exact) mass is 511 g/mol. The topological polar surface area (TPSA) is 86.8 Å². The Labute approximate surface area is 205 Å². The average Bonchev–Trinajstić information content (AvgIpc) is 2.76. The highest BCUT2D eigenvalue weighted by molar-refractivity contribution is 7.92. The van der Waals surface area contributed by atoms with Crippen molar-refractivity contribution >= 4 is 39.1 Å². The van der Waals surface area contributed by atoms with Crippen LogP contribution in [-0.2, 0) is 26.2 Å². The Hall–Kier alpha value is -2.65. The van der Waals surface area contributed by atoms with E-state index in [9.17, 15) is 22.4 Å². The van der Waals surface area contributed by atoms with Crippen LogP contribution in [-0.4, -0.2) is 50.5 Å². The molecule has 10 heteroatoms. The molecule has 0 aromatic heterocycles. The zero-order valence-corrected chi connectivity index (χ0v) is 21.4. The van der Waals surface area contributed by atoms with Gasteiger partial charge in [-0.15, -0.1) is 0 Å². The van der Waals surface area contributed by atoms with E-state index in [4.69, 9.17) is 11.6 Å². The third-order valence-electron chi connectivity index (χ3n) is 5.41. The molecule has 0 aliphatic carbocycles. The maximum atomic E-state index is 14.3. The molecule has 0 saturated carbocycles. The Kier molecular flexibility index (Phi) is 9.88. The van der Waals surface area contributed by atoms with Gasteiger partial charge in [-0.3, -0.25) is 13.9 Å². The fraction of sp³-hybridized carbons (Fsp3) is 0.417. The van der Waals surface area contributed by atoms with Crippen LogP contribution < -0.4 is 9.62 Å². The Morgan fingerprint density at radius 3 is 2.47 bits per heavy atom. The Morgan fingerprint density at radius 1 is 1.18 bits per heavy atom. The predicted molar refractivity (Wildman–Crippen MR) is 133 cm³/mol. The van der Waals surface area contributed by atoms with E-state index in [0.717, 1.165) is 11.8 Å². The van der Waals surface area contributed by atoms with Crippen molar-refractivity contribution in [2.75, 3.05) is 23.7 Å². The van der Waals surface area contributed by atoms with Gasteiger partial charge in [-0.1, -0.05) is 35.9 Å². The van der Waals surface area contributed by atoms with E-state index in [1.54, 1.807) is 57.2 Å². The summed E-state index contributed by atoms with van der Waals surface area (Å²) in [5, 5.41) is 3.08. The Balaban J connectivity index is 2.20. The number of carbonyl (C=O) groups excluding carboxylic acids is 2. The quantitative estimate of drug-likeness (QED) is 0.496. The van der Waals surface area contributed by atoms with Crippen LogP contribution in [0.3, 0.4) is 0 Å². The lowest BCUT2D eigenvalue weighted by molar-refractivity contribution is -0.140. The van der Waals surface area contributed by atoms with Crippen LogP contribution in [0.15, 0.2) is 42.5 Å². The second kappa shape index (κ2) is 12.2. The number of anilines is 1. The van der Waals surface area contributed by atoms with E-state index in [1.165, 1.54) is 15.3 Å². The van der Waals surface area contributed by atoms with Gasteiger partial charge in [0.15, 0.2) is 0 Å². The molecule has 0 fully saturated rings. The predicted octanol–water partition coefficient (Wildman–Crippen LogP) is 3.89. The molecule has 0 saturated heterocycles. The molecule has 2 rings (SSSR count). The summed E-state index contributed by atoms with van der Waals surface area (Å²) in [6.07, 6.45) is 1.27. The first kappa shape index (κ1) is 27.6. The van der Waals surface area contributed by atoms with Crippen LogP contribution in [0.1, 0.15) is 37.8 Å². The summed E-state index contributed by atoms with van der Waals surface area (Å²) in [5.74, 6) is -1.19. The number of hydrogen-bond donors (Lipinski definition) is 1. The van der Waals surface area contributed by atoms with Gasteiger partial charge in [0.1, 0.15) is 11.9 Å². The van der Waals surface area contributed by atoms with Crippen molar-refractivity contribution in [3.63, 3.8) is 0 Å². The smallest absolute Gasteiger partial charge is 0.242 e. The minimum atomic E-state index is -3.63. The van der Waals surface area contributed by atoms with E-state index in [-0.39, 0.29) is 37.7 Å². The number of nitrogens with zero attached hydrogens (tertiary/aromatic N) is 2. The maximum Gasteiger partial charge on any atom is 0.242 e. The minimum Gasteiger partial charge on any atom is -0.355 e. The molecule has 2 aromatic carbocycles. The molecule has 7 nitrogen and oxygen atoms in total. The largest absolute Gasteiger partial charge is 0.355 e. The first-order valence-electron chi connectivity index (χ1n) is 11.0. The molecule has 0 heterocycles. The van der Waals surface area contributed by atoms with Crippen LogP contribution in [0.2, 0.25) is 5.02 Å². The molecule has 2 aromatic rings. The fourth-order valence-electron chi connectivity index (χ4n) is 3.55. The average molecular weight is 512 g/mol. The minimum absolute atomic E-state index is 0.0240. The number of halogens is 2. The SMILES string of the molecule is CCNC(=O)[C@@H](C)N(Cc1ccccc1F)C(=O)CCCN(c1cc(Cl)ccc1C)S(C)(=O)=O. The zero-order chi connectivity index (χ0) is 25.5. The van der Waals surface area contributed by atoms with E-state index in [0.29, 0.717) is 22.8 Å². The number of rotatable bonds is 11. The molecule has 0 radical (unpaired) electrons. The first-order chi connectivity index (χ1) is 16.0. The van der Waals surface area contributed by atoms with Gasteiger partial charge in [-0.05, 0) is 51.0 Å². The van der Waals surface area contributed by atoms with Crippen molar-refractivity contribution in [2.24, 2.45) is 0 Å². The fourth-order valence-corrected chi connectivity index (χ4v) is 4.73. The van der Waals surface area contributed by atoms with Crippen molar-refractivity contribution in [3.8, 4) is 0 Å². The number of benzene rings is 2. The van der Waals surface area contributed by atoms with Crippen LogP contribution in [0.5, 0.6) is 0 Å². The first-order valence-corrected chi connectivity index (χ1v) is 13.2. The summed E-state index contributed by atoms with van der Waals surface area (Å²) in [5.41, 5.74) is 1.47. The summed E-state index contributed by atoms with van der Waals surface area (Å²) < 4.78 is 40.4. The van der Waals surface area contributed by atoms with Gasteiger partial charge >= 0.3 is 0 Å². The Morgan fingerprint density at radius 2 is 1.85 bits per heavy atom. The van der Waals surface area contributed by atoms with Crippen molar-refractivity contribution < 1.29 is 22.4 Å². The lowest BCUT2D eigenvalue weighted by Crippen LogP contribution is -2.47. The van der Waals surface area contributed by atoms with Crippen molar-refractivity contribution in [1.29, 1.82) is 0 Å². The number of sulfonamides is 1. The molecule has 2 amide bonds. The highest BCUT2D eigenvalue weighted by Crippen LogP contribution is 2.27. The van der Waals surface area contributed by atoms with Crippen LogP contribution in [0.4, 0.5) is 10.1 Å². The van der Waals surface area contributed by atoms with E-state index >= 15 is 0 Å². The van der Waals surface area contributed by atoms with Gasteiger partial charge in [0, 0.05) is 36.6 Å². The van der Waals surface area contributed by atoms with Crippen LogP contribution >= 0.6 is 11.6 Å². The molecule has 0 bridgehead atoms. The van der Waals surface area contributed by atoms with Crippen molar-refractivity contribution in [3.05, 3.63) is 64.4 Å². The summed E-state index contributed by atoms with van der Waals surface area (Å²) in [6, 6.07) is 10.2. The second-order valence-electron chi connectivity index (χ2n) is 8.05. The summed E-state index contributed by atoms with van der Waals surface area (Å²) in [6.45, 7) is 5.50. The van der Waals surface area contributed by atoms with Crippen molar-refractivity contribution in [1.82, 2.24) is 10.2 Å². The second-order valence-corrected chi connectivity index (χ2v) is 10.4. The van der Waals surface area contributed by atoms with Gasteiger partial charge in [0.05, 0.1) is 11.9 Å². The molecule has 0 aliphatic heterocycles. The van der Waals surface area contributed by atoms with E-state index < -0.39 is 21.9 Å². The molecule has 0 spiro atoms. The molecule has 0 unspecified atom stereocenters. The number of carbonyl (C=O) groups is 2. The number of hydrogen-bond acceptors (Lipinski definition) is 4. The molecule has 186 valence electrons. The molecule has 0 aliphatic rings. The Bertz CT molecular complexity index is 1130. The summed E-state index contributed by atoms with van der Waals surface area (Å²) >= 11 is 6.07. The number of amides is 2. The zero-order valence-electron chi connectivity index (χ0n) is 19.8. The highest BCUT2D eigenvalue weighted by Gasteiger charge is 2.27. The number of aryl methyl sites for hydroxylation is 1. The van der Waals surface area contributed by atoms with Gasteiger partial charge in [-0.2, -0.15) is 0 Å². The molecule has 34 heavy (non-hydrogen) atoms. The van der Waals surface area contributed by atoms with Gasteiger partial charge < -0.3 is 10.2 Å². The van der Waals surface area contributed by atoms with Gasteiger partial charge in [-0.25, -0.2) is 12.8 Å². The van der Waals surface area contributed by atoms with E-state index in [2.05, 4.69) is 5.32 Å². The molecule has 1 atom stereocenters. The summed E-state index contributed by atoms with van der Waals surface area (Å²) in [7, 11) is -3.63. The maximum absolute atomic E-state index is 14.3.